The number of hydrogen-bond donors (Lipinski definition) is 1. The van der Waals surface area contributed by atoms with Crippen LogP contribution in [-0.2, 0) is 16.6 Å². The molecule has 1 heterocycles. The van der Waals surface area contributed by atoms with Crippen LogP contribution >= 0.6 is 0 Å². The molecule has 108 valence electrons. The number of aromatic nitrogens is 1. The Bertz CT molecular complexity index is 727. The van der Waals surface area contributed by atoms with Crippen molar-refractivity contribution in [3.8, 4) is 0 Å². The third kappa shape index (κ3) is 2.81. The van der Waals surface area contributed by atoms with Gasteiger partial charge in [0.1, 0.15) is 16.5 Å². The van der Waals surface area contributed by atoms with Gasteiger partial charge in [-0.2, -0.15) is 4.31 Å². The molecular formula is C12H14FN3O3S. The molecule has 0 amide bonds. The van der Waals surface area contributed by atoms with Crippen molar-refractivity contribution in [1.82, 2.24) is 9.46 Å². The van der Waals surface area contributed by atoms with Gasteiger partial charge in [0.15, 0.2) is 0 Å². The number of sulfonamides is 1. The van der Waals surface area contributed by atoms with E-state index in [2.05, 4.69) is 5.16 Å². The van der Waals surface area contributed by atoms with Gasteiger partial charge in [0, 0.05) is 18.8 Å². The summed E-state index contributed by atoms with van der Waals surface area (Å²) in [5.41, 5.74) is 6.12. The minimum absolute atomic E-state index is 0.0199. The predicted octanol–water partition coefficient (Wildman–Crippen LogP) is 1.53. The molecule has 0 spiro atoms. The van der Waals surface area contributed by atoms with Crippen LogP contribution in [0.25, 0.3) is 0 Å². The summed E-state index contributed by atoms with van der Waals surface area (Å²) >= 11 is 0. The fourth-order valence-electron chi connectivity index (χ4n) is 1.69. The number of benzene rings is 1. The molecule has 0 saturated carbocycles. The molecule has 0 aliphatic rings. The van der Waals surface area contributed by atoms with Gasteiger partial charge in [-0.15, -0.1) is 0 Å². The number of halogens is 1. The number of anilines is 1. The molecule has 0 aliphatic carbocycles. The van der Waals surface area contributed by atoms with E-state index in [9.17, 15) is 12.8 Å². The van der Waals surface area contributed by atoms with Crippen LogP contribution in [0.5, 0.6) is 0 Å². The Hall–Kier alpha value is -1.93. The van der Waals surface area contributed by atoms with E-state index in [4.69, 9.17) is 10.3 Å². The minimum atomic E-state index is -3.98. The van der Waals surface area contributed by atoms with Crippen LogP contribution in [0.2, 0.25) is 0 Å². The van der Waals surface area contributed by atoms with Gasteiger partial charge in [0.25, 0.3) is 0 Å². The van der Waals surface area contributed by atoms with E-state index in [-0.39, 0.29) is 12.2 Å². The molecule has 0 atom stereocenters. The lowest BCUT2D eigenvalue weighted by Crippen LogP contribution is -2.27. The van der Waals surface area contributed by atoms with Crippen LogP contribution < -0.4 is 5.73 Å². The summed E-state index contributed by atoms with van der Waals surface area (Å²) in [6.45, 7) is 1.68. The van der Waals surface area contributed by atoms with Crippen LogP contribution in [0.1, 0.15) is 11.5 Å². The maximum Gasteiger partial charge on any atom is 0.246 e. The number of nitrogens with zero attached hydrogens (tertiary/aromatic N) is 2. The molecule has 2 aromatic rings. The molecule has 0 saturated heterocycles. The molecule has 2 N–H and O–H groups in total. The van der Waals surface area contributed by atoms with Gasteiger partial charge in [-0.25, -0.2) is 12.8 Å². The average Bonchev–Trinajstić information content (AvgIpc) is 2.77. The van der Waals surface area contributed by atoms with E-state index in [0.717, 1.165) is 16.4 Å². The quantitative estimate of drug-likeness (QED) is 0.865. The number of nitrogens with two attached hydrogens (primary N) is 1. The smallest absolute Gasteiger partial charge is 0.246 e. The van der Waals surface area contributed by atoms with Crippen molar-refractivity contribution in [1.29, 1.82) is 0 Å². The predicted molar refractivity (Wildman–Crippen MR) is 70.7 cm³/mol. The average molecular weight is 299 g/mol. The number of rotatable bonds is 4. The Morgan fingerprint density at radius 1 is 1.40 bits per heavy atom. The Morgan fingerprint density at radius 3 is 2.70 bits per heavy atom. The molecular weight excluding hydrogens is 285 g/mol. The normalized spacial score (nSPS) is 12.0. The van der Waals surface area contributed by atoms with Gasteiger partial charge in [0.2, 0.25) is 10.0 Å². The molecule has 8 heteroatoms. The van der Waals surface area contributed by atoms with Crippen molar-refractivity contribution < 1.29 is 17.3 Å². The Labute approximate surface area is 116 Å². The molecule has 0 radical (unpaired) electrons. The fourth-order valence-corrected chi connectivity index (χ4v) is 2.93. The van der Waals surface area contributed by atoms with Gasteiger partial charge in [-0.05, 0) is 25.1 Å². The van der Waals surface area contributed by atoms with Gasteiger partial charge in [-0.1, -0.05) is 5.16 Å². The lowest BCUT2D eigenvalue weighted by molar-refractivity contribution is 0.377. The van der Waals surface area contributed by atoms with E-state index in [1.54, 1.807) is 13.0 Å². The van der Waals surface area contributed by atoms with Crippen molar-refractivity contribution >= 4 is 15.7 Å². The monoisotopic (exact) mass is 299 g/mol. The van der Waals surface area contributed by atoms with E-state index in [0.29, 0.717) is 11.5 Å². The highest BCUT2D eigenvalue weighted by Crippen LogP contribution is 2.22. The van der Waals surface area contributed by atoms with E-state index in [1.165, 1.54) is 13.1 Å². The molecule has 0 bridgehead atoms. The van der Waals surface area contributed by atoms with E-state index < -0.39 is 20.7 Å². The third-order valence-corrected chi connectivity index (χ3v) is 4.52. The van der Waals surface area contributed by atoms with Crippen molar-refractivity contribution in [3.05, 3.63) is 41.5 Å². The van der Waals surface area contributed by atoms with Crippen LogP contribution in [0, 0.1) is 12.7 Å². The maximum absolute atomic E-state index is 13.7. The molecule has 0 aliphatic heterocycles. The maximum atomic E-state index is 13.7. The lowest BCUT2D eigenvalue weighted by Gasteiger charge is -2.16. The highest BCUT2D eigenvalue weighted by molar-refractivity contribution is 7.89. The summed E-state index contributed by atoms with van der Waals surface area (Å²) in [5, 5.41) is 3.70. The van der Waals surface area contributed by atoms with Crippen molar-refractivity contribution in [2.45, 2.75) is 18.4 Å². The first-order valence-corrected chi connectivity index (χ1v) is 7.18. The Kier molecular flexibility index (Phi) is 3.78. The fraction of sp³-hybridized carbons (Fsp3) is 0.250. The van der Waals surface area contributed by atoms with Crippen LogP contribution in [0.15, 0.2) is 33.7 Å². The highest BCUT2D eigenvalue weighted by atomic mass is 32.2. The molecule has 1 aromatic carbocycles. The van der Waals surface area contributed by atoms with Crippen LogP contribution in [0.4, 0.5) is 10.1 Å². The largest absolute Gasteiger partial charge is 0.399 e. The second-order valence-corrected chi connectivity index (χ2v) is 6.39. The van der Waals surface area contributed by atoms with Crippen LogP contribution in [-0.4, -0.2) is 24.9 Å². The summed E-state index contributed by atoms with van der Waals surface area (Å²) < 4.78 is 44.1. The Morgan fingerprint density at radius 2 is 2.10 bits per heavy atom. The summed E-state index contributed by atoms with van der Waals surface area (Å²) in [4.78, 5) is -0.458. The first-order valence-electron chi connectivity index (χ1n) is 5.74. The zero-order chi connectivity index (χ0) is 14.9. The number of hydrogen-bond acceptors (Lipinski definition) is 5. The highest BCUT2D eigenvalue weighted by Gasteiger charge is 2.25. The first kappa shape index (κ1) is 14.5. The zero-order valence-corrected chi connectivity index (χ0v) is 11.8. The minimum Gasteiger partial charge on any atom is -0.399 e. The Balaban J connectivity index is 2.32. The second kappa shape index (κ2) is 5.22. The summed E-state index contributed by atoms with van der Waals surface area (Å²) in [5.74, 6) is -0.275. The molecule has 20 heavy (non-hydrogen) atoms. The SMILES string of the molecule is Cc1cc(CN(C)S(=O)(=O)c2cc(N)ccc2F)no1. The van der Waals surface area contributed by atoms with Gasteiger partial charge in [-0.3, -0.25) is 0 Å². The number of aryl methyl sites for hydroxylation is 1. The zero-order valence-electron chi connectivity index (χ0n) is 11.0. The van der Waals surface area contributed by atoms with E-state index >= 15 is 0 Å². The first-order chi connectivity index (χ1) is 9.30. The van der Waals surface area contributed by atoms with Crippen LogP contribution in [0.3, 0.4) is 0 Å². The molecule has 2 rings (SSSR count). The lowest BCUT2D eigenvalue weighted by atomic mass is 10.3. The number of nitrogen functional groups attached to an aromatic ring is 1. The molecule has 0 unspecified atom stereocenters. The molecule has 0 fully saturated rings. The van der Waals surface area contributed by atoms with E-state index in [1.807, 2.05) is 0 Å². The van der Waals surface area contributed by atoms with Crippen molar-refractivity contribution in [2.24, 2.45) is 0 Å². The second-order valence-electron chi connectivity index (χ2n) is 4.38. The van der Waals surface area contributed by atoms with Crippen molar-refractivity contribution in [3.63, 3.8) is 0 Å². The van der Waals surface area contributed by atoms with Gasteiger partial charge < -0.3 is 10.3 Å². The van der Waals surface area contributed by atoms with Gasteiger partial charge in [0.05, 0.1) is 12.2 Å². The topological polar surface area (TPSA) is 89.4 Å². The molecule has 1 aromatic heterocycles. The van der Waals surface area contributed by atoms with Gasteiger partial charge >= 0.3 is 0 Å². The molecule has 6 nitrogen and oxygen atoms in total. The third-order valence-electron chi connectivity index (χ3n) is 2.70. The summed E-state index contributed by atoms with van der Waals surface area (Å²) in [6, 6.07) is 5.03. The standard InChI is InChI=1S/C12H14FN3O3S/c1-8-5-10(15-19-8)7-16(2)20(17,18)12-6-9(14)3-4-11(12)13/h3-6H,7,14H2,1-2H3. The summed E-state index contributed by atoms with van der Waals surface area (Å²) in [6.07, 6.45) is 0. The van der Waals surface area contributed by atoms with Crippen molar-refractivity contribution in [2.75, 3.05) is 12.8 Å². The summed E-state index contributed by atoms with van der Waals surface area (Å²) in [7, 11) is -2.65.